The lowest BCUT2D eigenvalue weighted by Gasteiger charge is -2.30. The molecule has 2 aromatic rings. The predicted molar refractivity (Wildman–Crippen MR) is 114 cm³/mol. The van der Waals surface area contributed by atoms with E-state index < -0.39 is 0 Å². The van der Waals surface area contributed by atoms with Crippen LogP contribution in [0.25, 0.3) is 0 Å². The van der Waals surface area contributed by atoms with Crippen molar-refractivity contribution in [2.24, 2.45) is 4.99 Å². The van der Waals surface area contributed by atoms with Crippen molar-refractivity contribution in [1.29, 1.82) is 0 Å². The van der Waals surface area contributed by atoms with Crippen molar-refractivity contribution < 1.29 is 0 Å². The van der Waals surface area contributed by atoms with Crippen LogP contribution in [0.5, 0.6) is 0 Å². The van der Waals surface area contributed by atoms with Crippen LogP contribution in [0.15, 0.2) is 28.0 Å². The molecule has 2 heterocycles. The third kappa shape index (κ3) is 6.07. The Kier molecular flexibility index (Phi) is 9.08. The van der Waals surface area contributed by atoms with Gasteiger partial charge in [0.1, 0.15) is 5.01 Å². The van der Waals surface area contributed by atoms with Crippen LogP contribution in [0.1, 0.15) is 49.2 Å². The first-order valence-corrected chi connectivity index (χ1v) is 11.2. The van der Waals surface area contributed by atoms with E-state index in [1.165, 1.54) is 10.4 Å². The Morgan fingerprint density at radius 2 is 2.04 bits per heavy atom. The van der Waals surface area contributed by atoms with Gasteiger partial charge in [0.25, 0.3) is 0 Å². The molecule has 0 aromatic carbocycles. The summed E-state index contributed by atoms with van der Waals surface area (Å²) in [5.41, 5.74) is 1.37. The van der Waals surface area contributed by atoms with Crippen molar-refractivity contribution in [3.8, 4) is 0 Å². The molecule has 7 heteroatoms. The van der Waals surface area contributed by atoms with Crippen LogP contribution in [-0.4, -0.2) is 42.0 Å². The molecule has 26 heavy (non-hydrogen) atoms. The third-order valence-electron chi connectivity index (χ3n) is 4.31. The van der Waals surface area contributed by atoms with E-state index in [2.05, 4.69) is 65.0 Å². The van der Waals surface area contributed by atoms with Crippen molar-refractivity contribution in [2.75, 3.05) is 26.2 Å². The number of thiophene rings is 1. The van der Waals surface area contributed by atoms with Gasteiger partial charge in [-0.2, -0.15) is 11.3 Å². The van der Waals surface area contributed by atoms with Crippen molar-refractivity contribution in [2.45, 2.75) is 46.7 Å². The van der Waals surface area contributed by atoms with Gasteiger partial charge >= 0.3 is 0 Å². The fourth-order valence-corrected chi connectivity index (χ4v) is 4.35. The molecular formula is C19H31N5S2. The second-order valence-corrected chi connectivity index (χ2v) is 7.92. The van der Waals surface area contributed by atoms with Crippen molar-refractivity contribution in [1.82, 2.24) is 20.5 Å². The van der Waals surface area contributed by atoms with Crippen LogP contribution < -0.4 is 10.6 Å². The molecule has 0 fully saturated rings. The van der Waals surface area contributed by atoms with Crippen molar-refractivity contribution in [3.05, 3.63) is 38.5 Å². The maximum Gasteiger partial charge on any atom is 0.191 e. The van der Waals surface area contributed by atoms with Crippen LogP contribution in [0.3, 0.4) is 0 Å². The van der Waals surface area contributed by atoms with Gasteiger partial charge in [-0.25, -0.2) is 9.98 Å². The topological polar surface area (TPSA) is 52.6 Å². The van der Waals surface area contributed by atoms with Crippen LogP contribution in [0.2, 0.25) is 0 Å². The van der Waals surface area contributed by atoms with E-state index in [0.29, 0.717) is 12.6 Å². The molecular weight excluding hydrogens is 362 g/mol. The summed E-state index contributed by atoms with van der Waals surface area (Å²) in [6.07, 6.45) is 2.99. The molecule has 0 bridgehead atoms. The summed E-state index contributed by atoms with van der Waals surface area (Å²) < 4.78 is 0. The summed E-state index contributed by atoms with van der Waals surface area (Å²) in [4.78, 5) is 13.0. The average Bonchev–Trinajstić information content (AvgIpc) is 3.34. The standard InChI is InChI=1S/C19H31N5S2/c1-5-16-11-21-18(26-16)13-23-19(20-6-2)22-12-17(24(7-3)8-4)15-9-10-25-14-15/h9-11,14,17H,5-8,12-13H2,1-4H3,(H2,20,22,23). The molecule has 0 saturated heterocycles. The highest BCUT2D eigenvalue weighted by atomic mass is 32.1. The number of nitrogens with zero attached hydrogens (tertiary/aromatic N) is 3. The number of rotatable bonds is 10. The minimum atomic E-state index is 0.353. The Bertz CT molecular complexity index is 647. The highest BCUT2D eigenvalue weighted by molar-refractivity contribution is 7.11. The van der Waals surface area contributed by atoms with E-state index in [0.717, 1.165) is 43.6 Å². The van der Waals surface area contributed by atoms with E-state index in [-0.39, 0.29) is 0 Å². The lowest BCUT2D eigenvalue weighted by atomic mass is 10.1. The number of aryl methyl sites for hydroxylation is 1. The Balaban J connectivity index is 2.03. The second kappa shape index (κ2) is 11.3. The smallest absolute Gasteiger partial charge is 0.191 e. The normalized spacial score (nSPS) is 13.2. The molecule has 1 unspecified atom stereocenters. The molecule has 5 nitrogen and oxygen atoms in total. The molecule has 0 radical (unpaired) electrons. The Morgan fingerprint density at radius 1 is 1.23 bits per heavy atom. The Morgan fingerprint density at radius 3 is 2.62 bits per heavy atom. The molecule has 2 N–H and O–H groups in total. The fourth-order valence-electron chi connectivity index (χ4n) is 2.85. The van der Waals surface area contributed by atoms with Gasteiger partial charge in [-0.1, -0.05) is 20.8 Å². The summed E-state index contributed by atoms with van der Waals surface area (Å²) in [7, 11) is 0. The van der Waals surface area contributed by atoms with E-state index in [1.54, 1.807) is 22.7 Å². The van der Waals surface area contributed by atoms with Crippen LogP contribution in [0, 0.1) is 0 Å². The van der Waals surface area contributed by atoms with Crippen molar-refractivity contribution >= 4 is 28.6 Å². The lowest BCUT2D eigenvalue weighted by Crippen LogP contribution is -2.43. The van der Waals surface area contributed by atoms with Gasteiger partial charge in [-0.15, -0.1) is 11.3 Å². The van der Waals surface area contributed by atoms with Gasteiger partial charge in [-0.05, 0) is 48.8 Å². The van der Waals surface area contributed by atoms with E-state index >= 15 is 0 Å². The van der Waals surface area contributed by atoms with E-state index in [4.69, 9.17) is 4.99 Å². The molecule has 0 aliphatic heterocycles. The Hall–Kier alpha value is -1.44. The van der Waals surface area contributed by atoms with Crippen LogP contribution in [-0.2, 0) is 13.0 Å². The zero-order valence-electron chi connectivity index (χ0n) is 16.3. The first kappa shape index (κ1) is 20.9. The van der Waals surface area contributed by atoms with Crippen molar-refractivity contribution in [3.63, 3.8) is 0 Å². The van der Waals surface area contributed by atoms with Gasteiger partial charge in [0.2, 0.25) is 0 Å². The minimum Gasteiger partial charge on any atom is -0.357 e. The van der Waals surface area contributed by atoms with Gasteiger partial charge in [0.05, 0.1) is 12.6 Å². The lowest BCUT2D eigenvalue weighted by molar-refractivity contribution is 0.219. The number of aromatic nitrogens is 1. The largest absolute Gasteiger partial charge is 0.357 e. The maximum atomic E-state index is 4.72. The maximum absolute atomic E-state index is 4.72. The second-order valence-electron chi connectivity index (χ2n) is 5.94. The number of thiazole rings is 1. The van der Waals surface area contributed by atoms with Crippen LogP contribution >= 0.6 is 22.7 Å². The number of nitrogens with one attached hydrogen (secondary N) is 2. The number of guanidine groups is 1. The molecule has 1 atom stereocenters. The average molecular weight is 394 g/mol. The quantitative estimate of drug-likeness (QED) is 0.475. The molecule has 2 aromatic heterocycles. The van der Waals surface area contributed by atoms with E-state index in [9.17, 15) is 0 Å². The molecule has 0 spiro atoms. The Labute approximate surface area is 165 Å². The SMILES string of the molecule is CCNC(=NCc1ncc(CC)s1)NCC(c1ccsc1)N(CC)CC. The summed E-state index contributed by atoms with van der Waals surface area (Å²) in [6.45, 7) is 13.1. The number of hydrogen-bond acceptors (Lipinski definition) is 5. The summed E-state index contributed by atoms with van der Waals surface area (Å²) >= 11 is 3.50. The van der Waals surface area contributed by atoms with Crippen LogP contribution in [0.4, 0.5) is 0 Å². The highest BCUT2D eigenvalue weighted by Gasteiger charge is 2.18. The first-order chi connectivity index (χ1) is 12.7. The third-order valence-corrected chi connectivity index (χ3v) is 6.14. The summed E-state index contributed by atoms with van der Waals surface area (Å²) in [5, 5.41) is 12.3. The summed E-state index contributed by atoms with van der Waals surface area (Å²) in [5.74, 6) is 0.855. The van der Waals surface area contributed by atoms with Gasteiger partial charge < -0.3 is 10.6 Å². The summed E-state index contributed by atoms with van der Waals surface area (Å²) in [6, 6.07) is 2.58. The first-order valence-electron chi connectivity index (χ1n) is 9.43. The fraction of sp³-hybridized carbons (Fsp3) is 0.579. The predicted octanol–water partition coefficient (Wildman–Crippen LogP) is 3.91. The number of aliphatic imine (C=N–C) groups is 1. The van der Waals surface area contributed by atoms with E-state index in [1.807, 2.05) is 6.20 Å². The molecule has 0 amide bonds. The molecule has 2 rings (SSSR count). The molecule has 144 valence electrons. The zero-order valence-corrected chi connectivity index (χ0v) is 17.9. The van der Waals surface area contributed by atoms with Gasteiger partial charge in [-0.3, -0.25) is 4.90 Å². The minimum absolute atomic E-state index is 0.353. The highest BCUT2D eigenvalue weighted by Crippen LogP contribution is 2.22. The molecule has 0 aliphatic carbocycles. The molecule has 0 aliphatic rings. The van der Waals surface area contributed by atoms with Gasteiger partial charge in [0, 0.05) is 24.2 Å². The molecule has 0 saturated carbocycles. The monoisotopic (exact) mass is 393 g/mol. The number of likely N-dealkylation sites (N-methyl/N-ethyl adjacent to an activating group) is 1. The number of hydrogen-bond donors (Lipinski definition) is 2. The zero-order chi connectivity index (χ0) is 18.8. The van der Waals surface area contributed by atoms with Gasteiger partial charge in [0.15, 0.2) is 5.96 Å².